The molecule has 0 aromatic heterocycles. The van der Waals surface area contributed by atoms with Gasteiger partial charge in [-0.15, -0.1) is 0 Å². The van der Waals surface area contributed by atoms with E-state index in [1.165, 1.54) is 11.0 Å². The number of benzene rings is 2. The molecule has 0 radical (unpaired) electrons. The lowest BCUT2D eigenvalue weighted by molar-refractivity contribution is 0.629. The summed E-state index contributed by atoms with van der Waals surface area (Å²) in [6, 6.07) is 10.3. The molecule has 4 nitrogen and oxygen atoms in total. The van der Waals surface area contributed by atoms with E-state index < -0.39 is 5.82 Å². The Morgan fingerprint density at radius 2 is 1.90 bits per heavy atom. The van der Waals surface area contributed by atoms with E-state index in [0.29, 0.717) is 11.3 Å². The zero-order chi connectivity index (χ0) is 14.9. The average Bonchev–Trinajstić information content (AvgIpc) is 2.44. The number of nitriles is 1. The molecule has 20 heavy (non-hydrogen) atoms. The minimum absolute atomic E-state index is 0.0763. The van der Waals surface area contributed by atoms with E-state index in [9.17, 15) is 4.39 Å². The van der Waals surface area contributed by atoms with Gasteiger partial charge in [-0.25, -0.2) is 4.39 Å². The zero-order valence-electron chi connectivity index (χ0n) is 10.7. The third-order valence-electron chi connectivity index (χ3n) is 2.96. The van der Waals surface area contributed by atoms with Crippen LogP contribution in [0, 0.1) is 17.1 Å². The summed E-state index contributed by atoms with van der Waals surface area (Å²) in [5.41, 5.74) is 12.6. The summed E-state index contributed by atoms with van der Waals surface area (Å²) in [6.45, 7) is 0. The molecule has 2 aromatic rings. The predicted octanol–water partition coefficient (Wildman–Crippen LogP) is 3.28. The average molecular weight is 291 g/mol. The number of rotatable bonds is 2. The Morgan fingerprint density at radius 3 is 2.55 bits per heavy atom. The number of nitrogens with two attached hydrogens (primary N) is 2. The molecule has 0 spiro atoms. The van der Waals surface area contributed by atoms with Crippen LogP contribution in [0.1, 0.15) is 5.56 Å². The van der Waals surface area contributed by atoms with Crippen LogP contribution < -0.4 is 16.4 Å². The summed E-state index contributed by atoms with van der Waals surface area (Å²) < 4.78 is 14.3. The maximum absolute atomic E-state index is 14.3. The summed E-state index contributed by atoms with van der Waals surface area (Å²) in [5.74, 6) is -0.709. The fourth-order valence-corrected chi connectivity index (χ4v) is 2.12. The molecule has 0 heterocycles. The SMILES string of the molecule is CN(c1ccccc1C#N)c1c(N)cc(N)c(Cl)c1F. The van der Waals surface area contributed by atoms with Gasteiger partial charge < -0.3 is 16.4 Å². The molecule has 0 amide bonds. The van der Waals surface area contributed by atoms with Crippen molar-refractivity contribution in [2.75, 3.05) is 23.4 Å². The number of halogens is 2. The minimum Gasteiger partial charge on any atom is -0.397 e. The molecular weight excluding hydrogens is 279 g/mol. The molecule has 102 valence electrons. The summed E-state index contributed by atoms with van der Waals surface area (Å²) >= 11 is 5.81. The highest BCUT2D eigenvalue weighted by atomic mass is 35.5. The molecule has 2 rings (SSSR count). The van der Waals surface area contributed by atoms with Gasteiger partial charge in [0, 0.05) is 7.05 Å². The van der Waals surface area contributed by atoms with Gasteiger partial charge in [-0.3, -0.25) is 0 Å². The number of nitrogens with zero attached hydrogens (tertiary/aromatic N) is 2. The van der Waals surface area contributed by atoms with Crippen LogP contribution in [-0.4, -0.2) is 7.05 Å². The maximum Gasteiger partial charge on any atom is 0.169 e. The van der Waals surface area contributed by atoms with E-state index in [-0.39, 0.29) is 22.1 Å². The van der Waals surface area contributed by atoms with E-state index in [4.69, 9.17) is 28.3 Å². The van der Waals surface area contributed by atoms with Gasteiger partial charge in [-0.05, 0) is 18.2 Å². The standard InChI is InChI=1S/C14H12ClFN4/c1-20(11-5-3-2-4-8(11)7-17)14-10(19)6-9(18)12(15)13(14)16/h2-6H,18-19H2,1H3. The van der Waals surface area contributed by atoms with Gasteiger partial charge in [0.25, 0.3) is 0 Å². The van der Waals surface area contributed by atoms with Crippen molar-refractivity contribution < 1.29 is 4.39 Å². The van der Waals surface area contributed by atoms with Gasteiger partial charge in [0.2, 0.25) is 0 Å². The van der Waals surface area contributed by atoms with Crippen molar-refractivity contribution in [3.05, 3.63) is 46.7 Å². The van der Waals surface area contributed by atoms with E-state index in [0.717, 1.165) is 0 Å². The molecule has 0 fully saturated rings. The van der Waals surface area contributed by atoms with Crippen molar-refractivity contribution in [2.24, 2.45) is 0 Å². The zero-order valence-corrected chi connectivity index (χ0v) is 11.4. The highest BCUT2D eigenvalue weighted by molar-refractivity contribution is 6.33. The van der Waals surface area contributed by atoms with Gasteiger partial charge in [0.15, 0.2) is 5.82 Å². The normalized spacial score (nSPS) is 10.1. The lowest BCUT2D eigenvalue weighted by Gasteiger charge is -2.23. The highest BCUT2D eigenvalue weighted by Crippen LogP contribution is 2.39. The van der Waals surface area contributed by atoms with E-state index in [1.54, 1.807) is 31.3 Å². The molecule has 0 aliphatic carbocycles. The number of nitrogen functional groups attached to an aromatic ring is 2. The molecule has 0 saturated heterocycles. The smallest absolute Gasteiger partial charge is 0.169 e. The van der Waals surface area contributed by atoms with Crippen LogP contribution in [0.25, 0.3) is 0 Å². The third kappa shape index (κ3) is 2.22. The van der Waals surface area contributed by atoms with Gasteiger partial charge >= 0.3 is 0 Å². The number of anilines is 4. The molecule has 0 bridgehead atoms. The van der Waals surface area contributed by atoms with Gasteiger partial charge in [-0.2, -0.15) is 5.26 Å². The minimum atomic E-state index is -0.709. The second-order valence-electron chi connectivity index (χ2n) is 4.22. The van der Waals surface area contributed by atoms with Gasteiger partial charge in [-0.1, -0.05) is 23.7 Å². The molecular formula is C14H12ClFN4. The van der Waals surface area contributed by atoms with Crippen LogP contribution in [0.4, 0.5) is 27.1 Å². The van der Waals surface area contributed by atoms with Crippen molar-refractivity contribution in [1.82, 2.24) is 0 Å². The highest BCUT2D eigenvalue weighted by Gasteiger charge is 2.20. The van der Waals surface area contributed by atoms with Crippen molar-refractivity contribution in [2.45, 2.75) is 0 Å². The molecule has 6 heteroatoms. The topological polar surface area (TPSA) is 79.1 Å². The maximum atomic E-state index is 14.3. The Balaban J connectivity index is 2.63. The molecule has 0 aliphatic rings. The lowest BCUT2D eigenvalue weighted by atomic mass is 10.1. The second kappa shape index (κ2) is 5.27. The van der Waals surface area contributed by atoms with Crippen LogP contribution in [0.15, 0.2) is 30.3 Å². The second-order valence-corrected chi connectivity index (χ2v) is 4.60. The third-order valence-corrected chi connectivity index (χ3v) is 3.34. The molecule has 0 atom stereocenters. The summed E-state index contributed by atoms with van der Waals surface area (Å²) in [4.78, 5) is 1.48. The van der Waals surface area contributed by atoms with E-state index in [2.05, 4.69) is 0 Å². The monoisotopic (exact) mass is 290 g/mol. The Kier molecular flexibility index (Phi) is 3.68. The van der Waals surface area contributed by atoms with Crippen LogP contribution >= 0.6 is 11.6 Å². The Hall–Kier alpha value is -2.45. The lowest BCUT2D eigenvalue weighted by Crippen LogP contribution is -2.15. The first-order chi connectivity index (χ1) is 9.47. The molecule has 2 aromatic carbocycles. The molecule has 4 N–H and O–H groups in total. The van der Waals surface area contributed by atoms with Crippen molar-refractivity contribution in [3.8, 4) is 6.07 Å². The first kappa shape index (κ1) is 14.0. The van der Waals surface area contributed by atoms with Crippen LogP contribution in [0.5, 0.6) is 0 Å². The van der Waals surface area contributed by atoms with Crippen LogP contribution in [-0.2, 0) is 0 Å². The van der Waals surface area contributed by atoms with Crippen molar-refractivity contribution in [3.63, 3.8) is 0 Å². The molecule has 0 saturated carbocycles. The number of hydrogen-bond donors (Lipinski definition) is 2. The van der Waals surface area contributed by atoms with E-state index >= 15 is 0 Å². The Labute approximate surface area is 121 Å². The van der Waals surface area contributed by atoms with Crippen LogP contribution in [0.2, 0.25) is 5.02 Å². The van der Waals surface area contributed by atoms with Crippen molar-refractivity contribution in [1.29, 1.82) is 5.26 Å². The quantitative estimate of drug-likeness (QED) is 0.832. The van der Waals surface area contributed by atoms with Gasteiger partial charge in [0.1, 0.15) is 16.8 Å². The molecule has 0 unspecified atom stereocenters. The van der Waals surface area contributed by atoms with Crippen molar-refractivity contribution >= 4 is 34.4 Å². The molecule has 0 aliphatic heterocycles. The summed E-state index contributed by atoms with van der Waals surface area (Å²) in [5, 5.41) is 8.92. The first-order valence-corrected chi connectivity index (χ1v) is 6.11. The van der Waals surface area contributed by atoms with E-state index in [1.807, 2.05) is 6.07 Å². The van der Waals surface area contributed by atoms with Crippen LogP contribution in [0.3, 0.4) is 0 Å². The largest absolute Gasteiger partial charge is 0.397 e. The number of hydrogen-bond acceptors (Lipinski definition) is 4. The summed E-state index contributed by atoms with van der Waals surface area (Å²) in [6.07, 6.45) is 0. The summed E-state index contributed by atoms with van der Waals surface area (Å²) in [7, 11) is 1.61. The van der Waals surface area contributed by atoms with Gasteiger partial charge in [0.05, 0.1) is 22.6 Å². The predicted molar refractivity (Wildman–Crippen MR) is 79.5 cm³/mol. The first-order valence-electron chi connectivity index (χ1n) is 5.73. The Bertz CT molecular complexity index is 709. The fraction of sp³-hybridized carbons (Fsp3) is 0.0714. The number of para-hydroxylation sites is 1. The Morgan fingerprint density at radius 1 is 1.25 bits per heavy atom. The fourth-order valence-electron chi connectivity index (χ4n) is 1.98.